The van der Waals surface area contributed by atoms with Crippen molar-refractivity contribution in [2.45, 2.75) is 17.7 Å². The summed E-state index contributed by atoms with van der Waals surface area (Å²) in [5.74, 6) is -0.221. The second kappa shape index (κ2) is 7.68. The topological polar surface area (TPSA) is 135 Å². The van der Waals surface area contributed by atoms with E-state index in [0.717, 1.165) is 5.56 Å². The number of benzene rings is 2. The zero-order valence-electron chi connectivity index (χ0n) is 14.3. The Morgan fingerprint density at radius 3 is 2.41 bits per heavy atom. The molecule has 8 nitrogen and oxygen atoms in total. The van der Waals surface area contributed by atoms with Crippen LogP contribution in [0.5, 0.6) is 0 Å². The molecule has 0 unspecified atom stereocenters. The molecule has 0 radical (unpaired) electrons. The van der Waals surface area contributed by atoms with Crippen LogP contribution < -0.4 is 16.0 Å². The lowest BCUT2D eigenvalue weighted by atomic mass is 10.1. The van der Waals surface area contributed by atoms with Crippen molar-refractivity contribution in [1.29, 1.82) is 0 Å². The number of aromatic nitrogens is 2. The predicted molar refractivity (Wildman–Crippen MR) is 101 cm³/mol. The van der Waals surface area contributed by atoms with Gasteiger partial charge in [0.1, 0.15) is 0 Å². The van der Waals surface area contributed by atoms with Crippen molar-refractivity contribution in [3.8, 4) is 0 Å². The van der Waals surface area contributed by atoms with E-state index in [0.29, 0.717) is 29.4 Å². The first-order valence-corrected chi connectivity index (χ1v) is 9.74. The molecule has 0 fully saturated rings. The van der Waals surface area contributed by atoms with Crippen LogP contribution in [0.2, 0.25) is 0 Å². The zero-order valence-corrected chi connectivity index (χ0v) is 15.1. The monoisotopic (exact) mass is 386 g/mol. The average molecular weight is 386 g/mol. The predicted octanol–water partition coefficient (Wildman–Crippen LogP) is 0.472. The first kappa shape index (κ1) is 18.7. The van der Waals surface area contributed by atoms with Gasteiger partial charge in [0.05, 0.1) is 22.4 Å². The summed E-state index contributed by atoms with van der Waals surface area (Å²) < 4.78 is 22.5. The molecule has 27 heavy (non-hydrogen) atoms. The highest BCUT2D eigenvalue weighted by molar-refractivity contribution is 7.89. The molecule has 0 spiro atoms. The number of aromatic amines is 1. The molecular formula is C18H18N4O4S. The highest BCUT2D eigenvalue weighted by Crippen LogP contribution is 2.13. The summed E-state index contributed by atoms with van der Waals surface area (Å²) in [5.41, 5.74) is 1.08. The van der Waals surface area contributed by atoms with Gasteiger partial charge in [-0.15, -0.1) is 0 Å². The smallest absolute Gasteiger partial charge is 0.272 e. The maximum absolute atomic E-state index is 12.2. The van der Waals surface area contributed by atoms with E-state index in [1.54, 1.807) is 36.4 Å². The summed E-state index contributed by atoms with van der Waals surface area (Å²) in [5, 5.41) is 15.4. The van der Waals surface area contributed by atoms with Crippen molar-refractivity contribution < 1.29 is 13.2 Å². The van der Waals surface area contributed by atoms with E-state index in [1.165, 1.54) is 12.1 Å². The first-order valence-electron chi connectivity index (χ1n) is 8.19. The molecule has 9 heteroatoms. The van der Waals surface area contributed by atoms with Crippen LogP contribution >= 0.6 is 0 Å². The molecule has 0 bridgehead atoms. The van der Waals surface area contributed by atoms with E-state index in [1.807, 2.05) is 0 Å². The number of amides is 1. The summed E-state index contributed by atoms with van der Waals surface area (Å²) in [6.45, 7) is 0.384. The lowest BCUT2D eigenvalue weighted by molar-refractivity contribution is -0.120. The summed E-state index contributed by atoms with van der Waals surface area (Å²) in [7, 11) is -3.71. The largest absolute Gasteiger partial charge is 0.355 e. The molecule has 0 aliphatic rings. The van der Waals surface area contributed by atoms with Gasteiger partial charge in [0.25, 0.3) is 5.56 Å². The highest BCUT2D eigenvalue weighted by Gasteiger charge is 2.11. The number of rotatable bonds is 6. The van der Waals surface area contributed by atoms with Crippen molar-refractivity contribution in [3.63, 3.8) is 0 Å². The molecule has 0 saturated heterocycles. The van der Waals surface area contributed by atoms with Gasteiger partial charge in [0, 0.05) is 11.9 Å². The zero-order chi connectivity index (χ0) is 19.4. The number of sulfonamides is 1. The minimum absolute atomic E-state index is 0.0433. The van der Waals surface area contributed by atoms with Gasteiger partial charge in [-0.05, 0) is 30.2 Å². The lowest BCUT2D eigenvalue weighted by Crippen LogP contribution is -2.28. The Hall–Kier alpha value is -3.04. The first-order chi connectivity index (χ1) is 12.8. The third-order valence-corrected chi connectivity index (χ3v) is 5.02. The lowest BCUT2D eigenvalue weighted by Gasteiger charge is -2.07. The molecule has 0 atom stereocenters. The van der Waals surface area contributed by atoms with E-state index >= 15 is 0 Å². The van der Waals surface area contributed by atoms with Gasteiger partial charge in [-0.3, -0.25) is 9.59 Å². The Labute approximate surface area is 155 Å². The van der Waals surface area contributed by atoms with E-state index < -0.39 is 10.0 Å². The number of fused-ring (bicyclic) bond motifs is 1. The van der Waals surface area contributed by atoms with Crippen LogP contribution in [0.1, 0.15) is 11.3 Å². The number of nitrogens with one attached hydrogen (secondary N) is 2. The van der Waals surface area contributed by atoms with Crippen LogP contribution in [-0.4, -0.2) is 31.1 Å². The molecular weight excluding hydrogens is 368 g/mol. The molecule has 0 aliphatic heterocycles. The average Bonchev–Trinajstić information content (AvgIpc) is 2.64. The molecule has 1 heterocycles. The number of nitrogens with zero attached hydrogens (tertiary/aromatic N) is 1. The van der Waals surface area contributed by atoms with E-state index in [4.69, 9.17) is 5.14 Å². The summed E-state index contributed by atoms with van der Waals surface area (Å²) in [6.07, 6.45) is 0.581. The Balaban J connectivity index is 1.59. The summed E-state index contributed by atoms with van der Waals surface area (Å²) in [4.78, 5) is 24.0. The fourth-order valence-corrected chi connectivity index (χ4v) is 3.23. The van der Waals surface area contributed by atoms with Crippen molar-refractivity contribution in [2.75, 3.05) is 6.54 Å². The SMILES string of the molecule is NS(=O)(=O)c1ccc(CCNC(=O)Cc2n[nH]c(=O)c3ccccc23)cc1. The molecule has 1 amide bonds. The third-order valence-electron chi connectivity index (χ3n) is 4.09. The van der Waals surface area contributed by atoms with Crippen LogP contribution in [-0.2, 0) is 27.7 Å². The van der Waals surface area contributed by atoms with Gasteiger partial charge in [0.2, 0.25) is 15.9 Å². The van der Waals surface area contributed by atoms with E-state index in [-0.39, 0.29) is 22.8 Å². The molecule has 3 rings (SSSR count). The second-order valence-electron chi connectivity index (χ2n) is 6.01. The van der Waals surface area contributed by atoms with Crippen LogP contribution in [0.15, 0.2) is 58.2 Å². The van der Waals surface area contributed by atoms with Crippen molar-refractivity contribution in [1.82, 2.24) is 15.5 Å². The van der Waals surface area contributed by atoms with Gasteiger partial charge in [-0.2, -0.15) is 5.10 Å². The van der Waals surface area contributed by atoms with E-state index in [9.17, 15) is 18.0 Å². The maximum Gasteiger partial charge on any atom is 0.272 e. The fraction of sp³-hybridized carbons (Fsp3) is 0.167. The highest BCUT2D eigenvalue weighted by atomic mass is 32.2. The number of primary sulfonamides is 1. The van der Waals surface area contributed by atoms with E-state index in [2.05, 4.69) is 15.5 Å². The maximum atomic E-state index is 12.2. The van der Waals surface area contributed by atoms with Gasteiger partial charge in [-0.1, -0.05) is 30.3 Å². The van der Waals surface area contributed by atoms with Crippen molar-refractivity contribution >= 4 is 26.7 Å². The van der Waals surface area contributed by atoms with Gasteiger partial charge >= 0.3 is 0 Å². The number of carbonyl (C=O) groups is 1. The Morgan fingerprint density at radius 2 is 1.74 bits per heavy atom. The van der Waals surface area contributed by atoms with Gasteiger partial charge in [-0.25, -0.2) is 18.7 Å². The number of H-pyrrole nitrogens is 1. The van der Waals surface area contributed by atoms with Crippen LogP contribution in [0.4, 0.5) is 0 Å². The molecule has 4 N–H and O–H groups in total. The normalized spacial score (nSPS) is 11.4. The summed E-state index contributed by atoms with van der Waals surface area (Å²) in [6, 6.07) is 13.2. The standard InChI is InChI=1S/C18H18N4O4S/c19-27(25,26)13-7-5-12(6-8-13)9-10-20-17(23)11-16-14-3-1-2-4-15(14)18(24)22-21-16/h1-8H,9-11H2,(H,20,23)(H,22,24)(H2,19,25,26). The third kappa shape index (κ3) is 4.57. The quantitative estimate of drug-likeness (QED) is 0.566. The molecule has 140 valence electrons. The molecule has 0 saturated carbocycles. The Kier molecular flexibility index (Phi) is 5.33. The minimum atomic E-state index is -3.71. The molecule has 1 aromatic heterocycles. The number of nitrogens with two attached hydrogens (primary N) is 1. The Morgan fingerprint density at radius 1 is 1.07 bits per heavy atom. The second-order valence-corrected chi connectivity index (χ2v) is 7.57. The van der Waals surface area contributed by atoms with Gasteiger partial charge < -0.3 is 5.32 Å². The van der Waals surface area contributed by atoms with Gasteiger partial charge in [0.15, 0.2) is 0 Å². The molecule has 3 aromatic rings. The van der Waals surface area contributed by atoms with Crippen LogP contribution in [0.25, 0.3) is 10.8 Å². The number of hydrogen-bond donors (Lipinski definition) is 3. The minimum Gasteiger partial charge on any atom is -0.355 e. The Bertz CT molecular complexity index is 1140. The van der Waals surface area contributed by atoms with Crippen molar-refractivity contribution in [3.05, 3.63) is 70.1 Å². The van der Waals surface area contributed by atoms with Crippen LogP contribution in [0.3, 0.4) is 0 Å². The summed E-state index contributed by atoms with van der Waals surface area (Å²) >= 11 is 0. The molecule has 2 aromatic carbocycles. The van der Waals surface area contributed by atoms with Crippen molar-refractivity contribution in [2.24, 2.45) is 5.14 Å². The molecule has 0 aliphatic carbocycles. The van der Waals surface area contributed by atoms with Crippen LogP contribution in [0, 0.1) is 0 Å². The number of hydrogen-bond acceptors (Lipinski definition) is 5. The fourth-order valence-electron chi connectivity index (χ4n) is 2.71. The number of carbonyl (C=O) groups excluding carboxylic acids is 1.